The van der Waals surface area contributed by atoms with Gasteiger partial charge in [-0.2, -0.15) is 0 Å². The predicted molar refractivity (Wildman–Crippen MR) is 100 cm³/mol. The van der Waals surface area contributed by atoms with E-state index in [1.807, 2.05) is 34.9 Å². The number of aliphatic hydroxyl groups is 1. The summed E-state index contributed by atoms with van der Waals surface area (Å²) >= 11 is 0. The number of likely N-dealkylation sites (tertiary alicyclic amines) is 1. The average molecular weight is 375 g/mol. The van der Waals surface area contributed by atoms with E-state index in [1.54, 1.807) is 31.7 Å². The number of hydrogen-bond acceptors (Lipinski definition) is 6. The number of aromatic nitrogens is 4. The van der Waals surface area contributed by atoms with Crippen LogP contribution in [0.2, 0.25) is 0 Å². The maximum atomic E-state index is 12.3. The Balaban J connectivity index is 1.53. The van der Waals surface area contributed by atoms with Crippen molar-refractivity contribution in [3.05, 3.63) is 60.9 Å². The van der Waals surface area contributed by atoms with Gasteiger partial charge in [-0.15, -0.1) is 0 Å². The standard InChI is InChI=1S/C20H17N5O3/c1-24-7-5-20(27,19(24)26)17-10-15(23-28-17)13-3-2-4-14(9-13)16-11-22-18-12-21-6-8-25(16)18/h2-4,6,8-12,27H,5,7H2,1H3. The molecule has 0 spiro atoms. The highest BCUT2D eigenvalue weighted by Gasteiger charge is 2.48. The van der Waals surface area contributed by atoms with Gasteiger partial charge in [-0.25, -0.2) is 4.98 Å². The highest BCUT2D eigenvalue weighted by atomic mass is 16.5. The van der Waals surface area contributed by atoms with E-state index < -0.39 is 5.60 Å². The molecule has 28 heavy (non-hydrogen) atoms. The number of carbonyl (C=O) groups excluding carboxylic acids is 1. The normalized spacial score (nSPS) is 19.6. The summed E-state index contributed by atoms with van der Waals surface area (Å²) in [5.74, 6) is -0.202. The van der Waals surface area contributed by atoms with Crippen LogP contribution in [0.1, 0.15) is 12.2 Å². The average Bonchev–Trinajstić information content (AvgIpc) is 3.44. The lowest BCUT2D eigenvalue weighted by Gasteiger charge is -2.16. The smallest absolute Gasteiger partial charge is 0.262 e. The Morgan fingerprint density at radius 1 is 1.21 bits per heavy atom. The molecule has 4 heterocycles. The van der Waals surface area contributed by atoms with Gasteiger partial charge >= 0.3 is 0 Å². The Hall–Kier alpha value is -3.52. The number of nitrogens with zero attached hydrogens (tertiary/aromatic N) is 5. The quantitative estimate of drug-likeness (QED) is 0.589. The summed E-state index contributed by atoms with van der Waals surface area (Å²) in [4.78, 5) is 22.2. The van der Waals surface area contributed by atoms with E-state index in [1.165, 1.54) is 4.90 Å². The fraction of sp³-hybridized carbons (Fsp3) is 0.200. The molecule has 1 unspecified atom stereocenters. The summed E-state index contributed by atoms with van der Waals surface area (Å²) in [5.41, 5.74) is 2.37. The number of fused-ring (bicyclic) bond motifs is 1. The number of carbonyl (C=O) groups is 1. The van der Waals surface area contributed by atoms with Crippen LogP contribution in [0.3, 0.4) is 0 Å². The Kier molecular flexibility index (Phi) is 3.56. The second-order valence-corrected chi connectivity index (χ2v) is 6.94. The first-order valence-electron chi connectivity index (χ1n) is 8.89. The number of imidazole rings is 1. The molecule has 4 aromatic rings. The van der Waals surface area contributed by atoms with Crippen LogP contribution >= 0.6 is 0 Å². The van der Waals surface area contributed by atoms with Crippen LogP contribution in [0, 0.1) is 0 Å². The van der Waals surface area contributed by atoms with Crippen LogP contribution in [0.25, 0.3) is 28.2 Å². The lowest BCUT2D eigenvalue weighted by Crippen LogP contribution is -2.35. The van der Waals surface area contributed by atoms with Crippen molar-refractivity contribution in [1.29, 1.82) is 0 Å². The second kappa shape index (κ2) is 6.00. The third-order valence-electron chi connectivity index (χ3n) is 5.20. The molecule has 1 saturated heterocycles. The van der Waals surface area contributed by atoms with Crippen molar-refractivity contribution in [1.82, 2.24) is 24.4 Å². The van der Waals surface area contributed by atoms with Crippen LogP contribution in [0.15, 0.2) is 59.6 Å². The van der Waals surface area contributed by atoms with Crippen LogP contribution in [0.5, 0.6) is 0 Å². The van der Waals surface area contributed by atoms with E-state index in [2.05, 4.69) is 15.1 Å². The molecule has 8 heteroatoms. The molecule has 8 nitrogen and oxygen atoms in total. The molecule has 1 aliphatic heterocycles. The largest absolute Gasteiger partial charge is 0.373 e. The van der Waals surface area contributed by atoms with E-state index in [0.29, 0.717) is 12.2 Å². The van der Waals surface area contributed by atoms with Gasteiger partial charge in [-0.1, -0.05) is 23.4 Å². The molecule has 1 amide bonds. The molecule has 0 radical (unpaired) electrons. The Labute approximate surface area is 160 Å². The molecule has 3 aromatic heterocycles. The molecule has 1 aromatic carbocycles. The molecule has 140 valence electrons. The number of hydrogen-bond donors (Lipinski definition) is 1. The summed E-state index contributed by atoms with van der Waals surface area (Å²) in [6.45, 7) is 0.476. The summed E-state index contributed by atoms with van der Waals surface area (Å²) in [6.07, 6.45) is 7.35. The van der Waals surface area contributed by atoms with Crippen molar-refractivity contribution in [2.45, 2.75) is 12.0 Å². The van der Waals surface area contributed by atoms with Crippen LogP contribution in [-0.4, -0.2) is 49.0 Å². The van der Waals surface area contributed by atoms with Gasteiger partial charge in [-0.3, -0.25) is 14.2 Å². The van der Waals surface area contributed by atoms with Crippen LogP contribution in [-0.2, 0) is 10.4 Å². The molecule has 1 atom stereocenters. The first-order chi connectivity index (χ1) is 13.6. The maximum Gasteiger partial charge on any atom is 0.262 e. The van der Waals surface area contributed by atoms with Crippen molar-refractivity contribution >= 4 is 11.6 Å². The second-order valence-electron chi connectivity index (χ2n) is 6.94. The summed E-state index contributed by atoms with van der Waals surface area (Å²) in [5, 5.41) is 14.8. The monoisotopic (exact) mass is 375 g/mol. The third-order valence-corrected chi connectivity index (χ3v) is 5.20. The number of amides is 1. The molecule has 1 N–H and O–H groups in total. The number of likely N-dealkylation sites (N-methyl/N-ethyl adjacent to an activating group) is 1. The lowest BCUT2D eigenvalue weighted by molar-refractivity contribution is -0.144. The van der Waals surface area contributed by atoms with E-state index in [9.17, 15) is 9.90 Å². The van der Waals surface area contributed by atoms with Gasteiger partial charge in [-0.05, 0) is 6.07 Å². The molecule has 1 fully saturated rings. The highest BCUT2D eigenvalue weighted by Crippen LogP contribution is 2.35. The van der Waals surface area contributed by atoms with E-state index in [4.69, 9.17) is 4.52 Å². The Morgan fingerprint density at radius 2 is 2.07 bits per heavy atom. The first kappa shape index (κ1) is 16.6. The van der Waals surface area contributed by atoms with E-state index >= 15 is 0 Å². The van der Waals surface area contributed by atoms with Crippen molar-refractivity contribution in [3.8, 4) is 22.5 Å². The fourth-order valence-corrected chi connectivity index (χ4v) is 3.58. The zero-order chi connectivity index (χ0) is 19.3. The zero-order valence-electron chi connectivity index (χ0n) is 15.1. The minimum Gasteiger partial charge on any atom is -0.373 e. The first-order valence-corrected chi connectivity index (χ1v) is 8.89. The van der Waals surface area contributed by atoms with Gasteiger partial charge in [0.2, 0.25) is 5.60 Å². The molecule has 0 bridgehead atoms. The van der Waals surface area contributed by atoms with Crippen molar-refractivity contribution in [3.63, 3.8) is 0 Å². The predicted octanol–water partition coefficient (Wildman–Crippen LogP) is 2.10. The molecular weight excluding hydrogens is 358 g/mol. The molecule has 1 aliphatic rings. The van der Waals surface area contributed by atoms with Gasteiger partial charge < -0.3 is 14.5 Å². The summed E-state index contributed by atoms with van der Waals surface area (Å²) in [6, 6.07) is 9.41. The third kappa shape index (κ3) is 2.42. The zero-order valence-corrected chi connectivity index (χ0v) is 15.1. The van der Waals surface area contributed by atoms with Crippen molar-refractivity contribution in [2.24, 2.45) is 0 Å². The number of rotatable bonds is 3. The Bertz CT molecular complexity index is 1200. The van der Waals surface area contributed by atoms with Crippen LogP contribution < -0.4 is 0 Å². The Morgan fingerprint density at radius 3 is 2.89 bits per heavy atom. The van der Waals surface area contributed by atoms with Gasteiger partial charge in [0.05, 0.1) is 18.1 Å². The van der Waals surface area contributed by atoms with Gasteiger partial charge in [0.1, 0.15) is 5.69 Å². The van der Waals surface area contributed by atoms with Gasteiger partial charge in [0, 0.05) is 49.6 Å². The van der Waals surface area contributed by atoms with Crippen molar-refractivity contribution < 1.29 is 14.4 Å². The minimum absolute atomic E-state index is 0.170. The topological polar surface area (TPSA) is 96.8 Å². The maximum absolute atomic E-state index is 12.3. The highest BCUT2D eigenvalue weighted by molar-refractivity contribution is 5.87. The van der Waals surface area contributed by atoms with Gasteiger partial charge in [0.25, 0.3) is 5.91 Å². The molecule has 5 rings (SSSR count). The SMILES string of the molecule is CN1CCC(O)(c2cc(-c3cccc(-c4cnc5cnccn45)c3)no2)C1=O. The number of benzene rings is 1. The van der Waals surface area contributed by atoms with Crippen LogP contribution in [0.4, 0.5) is 0 Å². The molecule has 0 saturated carbocycles. The van der Waals surface area contributed by atoms with E-state index in [0.717, 1.165) is 22.5 Å². The minimum atomic E-state index is -1.65. The van der Waals surface area contributed by atoms with Gasteiger partial charge in [0.15, 0.2) is 11.4 Å². The molecular formula is C20H17N5O3. The molecule has 0 aliphatic carbocycles. The van der Waals surface area contributed by atoms with Crippen molar-refractivity contribution in [2.75, 3.05) is 13.6 Å². The summed E-state index contributed by atoms with van der Waals surface area (Å²) < 4.78 is 7.31. The fourth-order valence-electron chi connectivity index (χ4n) is 3.58. The lowest BCUT2D eigenvalue weighted by atomic mass is 9.98. The van der Waals surface area contributed by atoms with E-state index in [-0.39, 0.29) is 18.1 Å². The summed E-state index contributed by atoms with van der Waals surface area (Å²) in [7, 11) is 1.66.